The first kappa shape index (κ1) is 29.9. The van der Waals surface area contributed by atoms with Gasteiger partial charge in [-0.15, -0.1) is 0 Å². The van der Waals surface area contributed by atoms with Crippen LogP contribution in [0.25, 0.3) is 0 Å². The van der Waals surface area contributed by atoms with E-state index in [9.17, 15) is 9.59 Å². The predicted octanol–water partition coefficient (Wildman–Crippen LogP) is 4.88. The summed E-state index contributed by atoms with van der Waals surface area (Å²) in [6.45, 7) is 8.48. The highest BCUT2D eigenvalue weighted by Gasteiger charge is 2.58. The quantitative estimate of drug-likeness (QED) is 0.380. The Balaban J connectivity index is 0.000000142. The molecule has 4 saturated heterocycles. The molecule has 4 spiro atoms. The van der Waals surface area contributed by atoms with Crippen molar-refractivity contribution < 1.29 is 38.0 Å². The summed E-state index contributed by atoms with van der Waals surface area (Å²) in [5.74, 6) is -1.78. The summed E-state index contributed by atoms with van der Waals surface area (Å²) in [5, 5.41) is 6.54. The summed E-state index contributed by atoms with van der Waals surface area (Å²) >= 11 is 12.8. The van der Waals surface area contributed by atoms with Crippen LogP contribution >= 0.6 is 23.2 Å². The summed E-state index contributed by atoms with van der Waals surface area (Å²) in [6, 6.07) is 3.72. The van der Waals surface area contributed by atoms with Gasteiger partial charge in [0.1, 0.15) is 34.6 Å². The molecule has 44 heavy (non-hydrogen) atoms. The molecule has 0 radical (unpaired) electrons. The van der Waals surface area contributed by atoms with Crippen molar-refractivity contribution in [2.45, 2.75) is 100 Å². The van der Waals surface area contributed by atoms with Crippen molar-refractivity contribution in [3.05, 3.63) is 57.1 Å². The van der Waals surface area contributed by atoms with Crippen LogP contribution in [0.15, 0.2) is 24.5 Å². The summed E-state index contributed by atoms with van der Waals surface area (Å²) in [7, 11) is 0. The molecule has 2 aromatic heterocycles. The van der Waals surface area contributed by atoms with E-state index in [0.717, 1.165) is 11.1 Å². The zero-order valence-corrected chi connectivity index (χ0v) is 26.3. The standard InChI is InChI=1S/2C15H17ClN2O4/c2*1-8-9(2)22-15(21-8)5-4-14(7-20-13(19)18-14)10-3-6-17-12(16)11(10)15/h2*3,6,8-9H,4-5,7H2,1-2H3,(H,18,19)/t8-,9-,14+;8-,9-,14-/m11/s1. The molecule has 0 saturated carbocycles. The zero-order valence-electron chi connectivity index (χ0n) is 24.8. The van der Waals surface area contributed by atoms with Crippen LogP contribution in [-0.4, -0.2) is 59.8 Å². The molecule has 14 heteroatoms. The number of carbonyl (C=O) groups is 2. The van der Waals surface area contributed by atoms with Crippen LogP contribution in [0.3, 0.4) is 0 Å². The third-order valence-electron chi connectivity index (χ3n) is 9.77. The van der Waals surface area contributed by atoms with Crippen molar-refractivity contribution in [1.82, 2.24) is 20.6 Å². The number of ether oxygens (including phenoxy) is 6. The van der Waals surface area contributed by atoms with Gasteiger partial charge >= 0.3 is 12.2 Å². The number of pyridine rings is 2. The first-order valence-corrected chi connectivity index (χ1v) is 15.6. The topological polar surface area (TPSA) is 139 Å². The highest BCUT2D eigenvalue weighted by atomic mass is 35.5. The molecule has 2 aliphatic carbocycles. The van der Waals surface area contributed by atoms with E-state index in [2.05, 4.69) is 20.6 Å². The zero-order chi connectivity index (χ0) is 31.1. The number of fused-ring (bicyclic) bond motifs is 6. The number of nitrogens with one attached hydrogen (secondary N) is 2. The normalized spacial score (nSPS) is 35.5. The fourth-order valence-corrected chi connectivity index (χ4v) is 7.86. The molecule has 0 unspecified atom stereocenters. The number of alkyl carbamates (subject to hydrolysis) is 2. The monoisotopic (exact) mass is 648 g/mol. The second-order valence-corrected chi connectivity index (χ2v) is 13.1. The Hall–Kier alpha value is -2.74. The van der Waals surface area contributed by atoms with Gasteiger partial charge in [-0.3, -0.25) is 0 Å². The molecule has 2 amide bonds. The first-order valence-electron chi connectivity index (χ1n) is 14.8. The van der Waals surface area contributed by atoms with Crippen molar-refractivity contribution in [3.63, 3.8) is 0 Å². The van der Waals surface area contributed by atoms with E-state index in [0.29, 0.717) is 47.1 Å². The van der Waals surface area contributed by atoms with E-state index in [1.807, 2.05) is 39.8 Å². The van der Waals surface area contributed by atoms with Crippen molar-refractivity contribution >= 4 is 35.4 Å². The SMILES string of the molecule is C[C@H]1OC2(CC[C@@]3(COC(=O)N3)c3ccnc(Cl)c32)O[C@@H]1C.C[C@H]1OC2(CC[C@]3(COC(=O)N3)c3ccnc(Cl)c32)O[C@@H]1C. The smallest absolute Gasteiger partial charge is 0.408 e. The Morgan fingerprint density at radius 2 is 1.02 bits per heavy atom. The maximum Gasteiger partial charge on any atom is 0.408 e. The van der Waals surface area contributed by atoms with Gasteiger partial charge in [-0.1, -0.05) is 23.2 Å². The highest BCUT2D eigenvalue weighted by molar-refractivity contribution is 6.30. The second kappa shape index (κ2) is 10.4. The third kappa shape index (κ3) is 4.48. The maximum absolute atomic E-state index is 11.6. The lowest BCUT2D eigenvalue weighted by molar-refractivity contribution is -0.197. The highest BCUT2D eigenvalue weighted by Crippen LogP contribution is 2.54. The Morgan fingerprint density at radius 3 is 1.34 bits per heavy atom. The second-order valence-electron chi connectivity index (χ2n) is 12.4. The average Bonchev–Trinajstić information content (AvgIpc) is 3.71. The number of nitrogens with zero attached hydrogens (tertiary/aromatic N) is 2. The summed E-state index contributed by atoms with van der Waals surface area (Å²) in [5.41, 5.74) is 2.00. The number of amides is 2. The molecular formula is C30H34Cl2N4O8. The van der Waals surface area contributed by atoms with Crippen LogP contribution in [0.4, 0.5) is 9.59 Å². The van der Waals surface area contributed by atoms with Crippen LogP contribution in [0, 0.1) is 0 Å². The van der Waals surface area contributed by atoms with Gasteiger partial charge in [-0.25, -0.2) is 19.6 Å². The Kier molecular flexibility index (Phi) is 7.07. The van der Waals surface area contributed by atoms with E-state index in [-0.39, 0.29) is 37.6 Å². The van der Waals surface area contributed by atoms with Gasteiger partial charge in [-0.2, -0.15) is 0 Å². The summed E-state index contributed by atoms with van der Waals surface area (Å²) in [4.78, 5) is 31.5. The molecule has 2 N–H and O–H groups in total. The maximum atomic E-state index is 11.6. The lowest BCUT2D eigenvalue weighted by atomic mass is 9.75. The van der Waals surface area contributed by atoms with Crippen LogP contribution < -0.4 is 10.6 Å². The molecule has 4 aliphatic heterocycles. The Morgan fingerprint density at radius 1 is 0.659 bits per heavy atom. The minimum Gasteiger partial charge on any atom is -0.447 e. The van der Waals surface area contributed by atoms with Crippen LogP contribution in [-0.2, 0) is 51.1 Å². The first-order chi connectivity index (χ1) is 20.9. The summed E-state index contributed by atoms with van der Waals surface area (Å²) < 4.78 is 34.8. The molecule has 6 atom stereocenters. The summed E-state index contributed by atoms with van der Waals surface area (Å²) in [6.07, 6.45) is 4.79. The van der Waals surface area contributed by atoms with Crippen molar-refractivity contribution in [2.75, 3.05) is 13.2 Å². The molecule has 0 bridgehead atoms. The van der Waals surface area contributed by atoms with E-state index in [1.165, 1.54) is 0 Å². The van der Waals surface area contributed by atoms with Gasteiger partial charge in [0.05, 0.1) is 35.5 Å². The van der Waals surface area contributed by atoms with Crippen LogP contribution in [0.5, 0.6) is 0 Å². The molecule has 4 fully saturated rings. The van der Waals surface area contributed by atoms with Gasteiger partial charge in [0.2, 0.25) is 0 Å². The molecule has 8 rings (SSSR count). The van der Waals surface area contributed by atoms with E-state index < -0.39 is 34.8 Å². The third-order valence-corrected chi connectivity index (χ3v) is 10.3. The molecule has 2 aromatic rings. The van der Waals surface area contributed by atoms with Gasteiger partial charge in [0, 0.05) is 25.2 Å². The number of rotatable bonds is 0. The number of carbonyl (C=O) groups excluding carboxylic acids is 2. The van der Waals surface area contributed by atoms with Crippen molar-refractivity contribution in [3.8, 4) is 0 Å². The molecule has 12 nitrogen and oxygen atoms in total. The number of aromatic nitrogens is 2. The number of hydrogen-bond acceptors (Lipinski definition) is 10. The van der Waals surface area contributed by atoms with Gasteiger partial charge < -0.3 is 39.1 Å². The number of hydrogen-bond donors (Lipinski definition) is 2. The molecule has 236 valence electrons. The minimum absolute atomic E-state index is 0.0346. The van der Waals surface area contributed by atoms with Gasteiger partial charge in [0.15, 0.2) is 11.6 Å². The van der Waals surface area contributed by atoms with Crippen molar-refractivity contribution in [1.29, 1.82) is 0 Å². The minimum atomic E-state index is -0.891. The lowest BCUT2D eigenvalue weighted by Gasteiger charge is -2.42. The van der Waals surface area contributed by atoms with E-state index in [1.54, 1.807) is 12.4 Å². The molecule has 6 aliphatic rings. The predicted molar refractivity (Wildman–Crippen MR) is 155 cm³/mol. The van der Waals surface area contributed by atoms with Gasteiger partial charge in [-0.05, 0) is 63.8 Å². The fourth-order valence-electron chi connectivity index (χ4n) is 7.25. The lowest BCUT2D eigenvalue weighted by Crippen LogP contribution is -2.49. The molecular weight excluding hydrogens is 615 g/mol. The molecule has 6 heterocycles. The van der Waals surface area contributed by atoms with Crippen LogP contribution in [0.2, 0.25) is 10.3 Å². The number of cyclic esters (lactones) is 2. The van der Waals surface area contributed by atoms with E-state index in [4.69, 9.17) is 51.6 Å². The van der Waals surface area contributed by atoms with Crippen molar-refractivity contribution in [2.24, 2.45) is 0 Å². The van der Waals surface area contributed by atoms with Gasteiger partial charge in [0.25, 0.3) is 0 Å². The van der Waals surface area contributed by atoms with E-state index >= 15 is 0 Å². The molecule has 0 aromatic carbocycles. The average molecular weight is 650 g/mol. The Labute approximate surface area is 264 Å². The largest absolute Gasteiger partial charge is 0.447 e. The fraction of sp³-hybridized carbons (Fsp3) is 0.600. The Bertz CT molecular complexity index is 1400. The van der Waals surface area contributed by atoms with Crippen LogP contribution in [0.1, 0.15) is 75.6 Å². The number of halogens is 2.